The molecule has 0 unspecified atom stereocenters. The summed E-state index contributed by atoms with van der Waals surface area (Å²) in [5, 5.41) is 8.97. The summed E-state index contributed by atoms with van der Waals surface area (Å²) in [5.41, 5.74) is 5.99. The number of hydrogen-bond acceptors (Lipinski definition) is 0. The zero-order valence-corrected chi connectivity index (χ0v) is 22.3. The molecular weight excluding hydrogens is 478 g/mol. The van der Waals surface area contributed by atoms with Crippen molar-refractivity contribution in [2.45, 2.75) is 40.8 Å². The van der Waals surface area contributed by atoms with Crippen molar-refractivity contribution in [3.63, 3.8) is 0 Å². The molecule has 0 saturated carbocycles. The van der Waals surface area contributed by atoms with Gasteiger partial charge >= 0.3 is 37.9 Å². The van der Waals surface area contributed by atoms with Crippen LogP contribution >= 0.6 is 17.0 Å². The van der Waals surface area contributed by atoms with Gasteiger partial charge in [-0.05, 0) is 0 Å². The van der Waals surface area contributed by atoms with E-state index in [0.717, 1.165) is 0 Å². The van der Waals surface area contributed by atoms with E-state index in [4.69, 9.17) is 17.0 Å². The quantitative estimate of drug-likeness (QED) is 0.207. The van der Waals surface area contributed by atoms with Crippen LogP contribution in [0.2, 0.25) is 13.1 Å². The fourth-order valence-corrected chi connectivity index (χ4v) is 9.25. The molecule has 0 aliphatic heterocycles. The van der Waals surface area contributed by atoms with E-state index in [-0.39, 0.29) is 0 Å². The second-order valence-electron chi connectivity index (χ2n) is 8.04. The molecule has 4 aromatic rings. The van der Waals surface area contributed by atoms with Crippen LogP contribution < -0.4 is 10.4 Å². The molecule has 144 valence electrons. The van der Waals surface area contributed by atoms with E-state index in [2.05, 4.69) is 89.3 Å². The van der Waals surface area contributed by atoms with Gasteiger partial charge in [0.25, 0.3) is 0 Å². The molecule has 0 saturated heterocycles. The molecule has 0 amide bonds. The van der Waals surface area contributed by atoms with Gasteiger partial charge in [0, 0.05) is 8.07 Å². The number of rotatable bonds is 2. The molecular formula is C24H26Cl2SiZr. The second-order valence-corrected chi connectivity index (χ2v) is 16.0. The molecule has 0 aliphatic carbocycles. The predicted molar refractivity (Wildman–Crippen MR) is 126 cm³/mol. The second kappa shape index (κ2) is 8.60. The van der Waals surface area contributed by atoms with Gasteiger partial charge in [0.05, 0.1) is 0 Å². The number of fused-ring (bicyclic) bond motifs is 3. The van der Waals surface area contributed by atoms with Crippen LogP contribution in [0.4, 0.5) is 0 Å². The van der Waals surface area contributed by atoms with Crippen LogP contribution in [-0.4, -0.2) is 8.07 Å². The Hall–Kier alpha value is -0.660. The summed E-state index contributed by atoms with van der Waals surface area (Å²) in [6.07, 6.45) is 0. The first-order chi connectivity index (χ1) is 13.3. The first-order valence-electron chi connectivity index (χ1n) is 9.53. The van der Waals surface area contributed by atoms with Crippen LogP contribution in [0.3, 0.4) is 0 Å². The van der Waals surface area contributed by atoms with Crippen molar-refractivity contribution >= 4 is 57.0 Å². The van der Waals surface area contributed by atoms with Gasteiger partial charge in [0.2, 0.25) is 0 Å². The van der Waals surface area contributed by atoms with Gasteiger partial charge in [-0.1, -0.05) is 77.2 Å². The molecule has 0 aliphatic rings. The standard InChI is InChI=1S/C24H26Si.2ClH.Zr/c1-15-16(2)18(4)23(17(15)3)25(5,6)24-21-13-9-7-11-19(21)20-12-8-10-14-22(20)24;;;/h7-14H,1-6H3;2*1H;/q-2;;;+4/p-2. The third kappa shape index (κ3) is 3.52. The minimum atomic E-state index is -1.83. The summed E-state index contributed by atoms with van der Waals surface area (Å²) in [5.74, 6) is 0. The summed E-state index contributed by atoms with van der Waals surface area (Å²) in [4.78, 5) is 0. The van der Waals surface area contributed by atoms with E-state index in [1.54, 1.807) is 10.4 Å². The molecule has 4 aromatic carbocycles. The van der Waals surface area contributed by atoms with Crippen molar-refractivity contribution in [1.29, 1.82) is 0 Å². The Bertz CT molecular complexity index is 1060. The molecule has 0 atom stereocenters. The van der Waals surface area contributed by atoms with Gasteiger partial charge < -0.3 is 0 Å². The van der Waals surface area contributed by atoms with Crippen LogP contribution in [0, 0.1) is 27.7 Å². The summed E-state index contributed by atoms with van der Waals surface area (Å²) < 4.78 is 0. The molecule has 0 heterocycles. The van der Waals surface area contributed by atoms with Crippen molar-refractivity contribution in [3.05, 3.63) is 70.8 Å². The summed E-state index contributed by atoms with van der Waals surface area (Å²) >= 11 is -0.826. The third-order valence-corrected chi connectivity index (χ3v) is 10.2. The zero-order valence-electron chi connectivity index (χ0n) is 17.4. The van der Waals surface area contributed by atoms with Crippen LogP contribution in [0.15, 0.2) is 48.5 Å². The van der Waals surface area contributed by atoms with E-state index in [1.165, 1.54) is 43.8 Å². The van der Waals surface area contributed by atoms with Crippen molar-refractivity contribution in [3.8, 4) is 0 Å². The van der Waals surface area contributed by atoms with Crippen molar-refractivity contribution < 1.29 is 20.8 Å². The fraction of sp³-hybridized carbons (Fsp3) is 0.250. The molecule has 0 spiro atoms. The first kappa shape index (κ1) is 22.0. The SMILES string of the molecule is Cc1c(C)c(C)[c-]([Si](C)(C)[c-]2c3ccccc3c3ccccc32)c1C.[Cl][Zr+2][Cl]. The molecule has 4 heteroatoms. The van der Waals surface area contributed by atoms with Crippen molar-refractivity contribution in [2.75, 3.05) is 0 Å². The maximum atomic E-state index is 4.93. The minimum absolute atomic E-state index is 0.826. The zero-order chi connectivity index (χ0) is 20.6. The van der Waals surface area contributed by atoms with Crippen LogP contribution in [0.5, 0.6) is 0 Å². The van der Waals surface area contributed by atoms with E-state index >= 15 is 0 Å². The number of benzene rings is 2. The summed E-state index contributed by atoms with van der Waals surface area (Å²) in [6.45, 7) is 14.3. The Morgan fingerprint density at radius 3 is 1.43 bits per heavy atom. The van der Waals surface area contributed by atoms with E-state index < -0.39 is 28.9 Å². The van der Waals surface area contributed by atoms with Crippen molar-refractivity contribution in [2.24, 2.45) is 0 Å². The van der Waals surface area contributed by atoms with Gasteiger partial charge in [-0.25, -0.2) is 0 Å². The van der Waals surface area contributed by atoms with Gasteiger partial charge in [0.1, 0.15) is 0 Å². The van der Waals surface area contributed by atoms with E-state index in [9.17, 15) is 0 Å². The molecule has 28 heavy (non-hydrogen) atoms. The van der Waals surface area contributed by atoms with E-state index in [0.29, 0.717) is 0 Å². The molecule has 0 bridgehead atoms. The molecule has 0 N–H and O–H groups in total. The predicted octanol–water partition coefficient (Wildman–Crippen LogP) is 6.86. The summed E-state index contributed by atoms with van der Waals surface area (Å²) in [6, 6.07) is 17.9. The van der Waals surface area contributed by atoms with Gasteiger partial charge in [0.15, 0.2) is 0 Å². The Kier molecular flexibility index (Phi) is 6.77. The molecule has 0 radical (unpaired) electrons. The number of halogens is 2. The topological polar surface area (TPSA) is 0 Å². The Morgan fingerprint density at radius 1 is 0.679 bits per heavy atom. The van der Waals surface area contributed by atoms with Crippen LogP contribution in [0.25, 0.3) is 21.5 Å². The molecule has 0 nitrogen and oxygen atoms in total. The van der Waals surface area contributed by atoms with Gasteiger partial charge in [-0.15, -0.1) is 38.9 Å². The van der Waals surface area contributed by atoms with Crippen LogP contribution in [-0.2, 0) is 20.8 Å². The average Bonchev–Trinajstić information content (AvgIpc) is 3.11. The average molecular weight is 505 g/mol. The first-order valence-corrected chi connectivity index (χ1v) is 18.9. The summed E-state index contributed by atoms with van der Waals surface area (Å²) in [7, 11) is 8.04. The number of hydrogen-bond donors (Lipinski definition) is 0. The Morgan fingerprint density at radius 2 is 1.04 bits per heavy atom. The Balaban J connectivity index is 0.000000706. The third-order valence-electron chi connectivity index (χ3n) is 6.37. The monoisotopic (exact) mass is 502 g/mol. The van der Waals surface area contributed by atoms with Crippen molar-refractivity contribution in [1.82, 2.24) is 0 Å². The molecule has 0 fully saturated rings. The maximum absolute atomic E-state index is 4.93. The fourth-order valence-electron chi connectivity index (χ4n) is 4.97. The van der Waals surface area contributed by atoms with Crippen LogP contribution in [0.1, 0.15) is 22.3 Å². The normalized spacial score (nSPS) is 11.4. The molecule has 4 rings (SSSR count). The van der Waals surface area contributed by atoms with Gasteiger partial charge in [-0.3, -0.25) is 0 Å². The van der Waals surface area contributed by atoms with E-state index in [1.807, 2.05) is 0 Å². The molecule has 0 aromatic heterocycles. The Labute approximate surface area is 188 Å². The van der Waals surface area contributed by atoms with Gasteiger partial charge in [-0.2, -0.15) is 27.4 Å².